The van der Waals surface area contributed by atoms with Gasteiger partial charge < -0.3 is 15.4 Å². The highest BCUT2D eigenvalue weighted by molar-refractivity contribution is 7.89. The third-order valence-electron chi connectivity index (χ3n) is 4.92. The van der Waals surface area contributed by atoms with Crippen molar-refractivity contribution in [3.8, 4) is 5.75 Å². The van der Waals surface area contributed by atoms with Gasteiger partial charge in [-0.1, -0.05) is 0 Å². The van der Waals surface area contributed by atoms with Crippen LogP contribution in [-0.2, 0) is 19.6 Å². The summed E-state index contributed by atoms with van der Waals surface area (Å²) in [5, 5.41) is 5.49. The molecule has 30 heavy (non-hydrogen) atoms. The van der Waals surface area contributed by atoms with Crippen LogP contribution in [0.5, 0.6) is 5.75 Å². The van der Waals surface area contributed by atoms with Crippen LogP contribution in [0.15, 0.2) is 53.4 Å². The predicted octanol–water partition coefficient (Wildman–Crippen LogP) is 2.69. The van der Waals surface area contributed by atoms with Gasteiger partial charge in [-0.25, -0.2) is 8.42 Å². The summed E-state index contributed by atoms with van der Waals surface area (Å²) < 4.78 is 32.4. The molecule has 2 aromatic carbocycles. The van der Waals surface area contributed by atoms with Gasteiger partial charge in [-0.3, -0.25) is 9.59 Å². The summed E-state index contributed by atoms with van der Waals surface area (Å²) in [6, 6.07) is 13.0. The fourth-order valence-electron chi connectivity index (χ4n) is 3.36. The summed E-state index contributed by atoms with van der Waals surface area (Å²) >= 11 is 0. The number of sulfonamides is 1. The molecule has 0 radical (unpaired) electrons. The monoisotopic (exact) mass is 431 g/mol. The molecule has 1 aliphatic heterocycles. The fourth-order valence-corrected chi connectivity index (χ4v) is 4.88. The van der Waals surface area contributed by atoms with Crippen molar-refractivity contribution < 1.29 is 22.7 Å². The van der Waals surface area contributed by atoms with Crippen LogP contribution in [0.2, 0.25) is 0 Å². The van der Waals surface area contributed by atoms with Crippen molar-refractivity contribution in [2.24, 2.45) is 5.92 Å². The molecule has 2 amide bonds. The molecule has 0 spiro atoms. The molecule has 160 valence electrons. The van der Waals surface area contributed by atoms with E-state index < -0.39 is 15.9 Å². The molecule has 0 unspecified atom stereocenters. The average Bonchev–Trinajstić information content (AvgIpc) is 2.75. The lowest BCUT2D eigenvalue weighted by Crippen LogP contribution is -2.43. The van der Waals surface area contributed by atoms with Gasteiger partial charge in [0.1, 0.15) is 5.75 Å². The quantitative estimate of drug-likeness (QED) is 0.732. The van der Waals surface area contributed by atoms with Gasteiger partial charge in [0.25, 0.3) is 0 Å². The maximum Gasteiger partial charge on any atom is 0.243 e. The van der Waals surface area contributed by atoms with Crippen molar-refractivity contribution in [2.45, 2.75) is 24.7 Å². The van der Waals surface area contributed by atoms with Crippen LogP contribution >= 0.6 is 0 Å². The van der Waals surface area contributed by atoms with Crippen LogP contribution in [0.3, 0.4) is 0 Å². The minimum atomic E-state index is -3.69. The number of anilines is 2. The number of methoxy groups -OCH3 is 1. The number of hydrogen-bond donors (Lipinski definition) is 2. The summed E-state index contributed by atoms with van der Waals surface area (Å²) in [6.07, 6.45) is 1.22. The lowest BCUT2D eigenvalue weighted by Gasteiger charge is -2.31. The van der Waals surface area contributed by atoms with E-state index in [1.54, 1.807) is 36.4 Å². The molecule has 2 N–H and O–H groups in total. The highest BCUT2D eigenvalue weighted by atomic mass is 32.2. The molecule has 0 bridgehead atoms. The number of nitrogens with one attached hydrogen (secondary N) is 2. The van der Waals surface area contributed by atoms with Crippen molar-refractivity contribution in [1.82, 2.24) is 4.31 Å². The number of nitrogens with zero attached hydrogens (tertiary/aromatic N) is 1. The van der Waals surface area contributed by atoms with Gasteiger partial charge in [-0.2, -0.15) is 4.31 Å². The standard InChI is InChI=1S/C21H25N3O5S/c1-15(25)22-17-5-7-18(8-6-17)23-21(26)16-4-3-13-24(14-16)30(27,28)20-11-9-19(29-2)10-12-20/h5-12,16H,3-4,13-14H2,1-2H3,(H,22,25)(H,23,26)/t16-/m1/s1. The van der Waals surface area contributed by atoms with Crippen molar-refractivity contribution in [1.29, 1.82) is 0 Å². The molecule has 2 aromatic rings. The molecule has 0 aromatic heterocycles. The number of benzene rings is 2. The predicted molar refractivity (Wildman–Crippen MR) is 114 cm³/mol. The van der Waals surface area contributed by atoms with Gasteiger partial charge in [-0.05, 0) is 61.4 Å². The molecular weight excluding hydrogens is 406 g/mol. The Bertz CT molecular complexity index is 1000. The van der Waals surface area contributed by atoms with Gasteiger partial charge in [0.05, 0.1) is 17.9 Å². The van der Waals surface area contributed by atoms with E-state index in [9.17, 15) is 18.0 Å². The van der Waals surface area contributed by atoms with Gasteiger partial charge in [0.15, 0.2) is 0 Å². The lowest BCUT2D eigenvalue weighted by atomic mass is 9.98. The number of amides is 2. The van der Waals surface area contributed by atoms with Crippen LogP contribution in [0.1, 0.15) is 19.8 Å². The third kappa shape index (κ3) is 5.17. The van der Waals surface area contributed by atoms with E-state index >= 15 is 0 Å². The van der Waals surface area contributed by atoms with Crippen molar-refractivity contribution in [3.63, 3.8) is 0 Å². The summed E-state index contributed by atoms with van der Waals surface area (Å²) in [5.74, 6) is -0.264. The Morgan fingerprint density at radius 2 is 1.60 bits per heavy atom. The van der Waals surface area contributed by atoms with E-state index in [1.807, 2.05) is 0 Å². The second kappa shape index (κ2) is 9.27. The summed E-state index contributed by atoms with van der Waals surface area (Å²) in [5.41, 5.74) is 1.22. The highest BCUT2D eigenvalue weighted by Gasteiger charge is 2.33. The Hall–Kier alpha value is -2.91. The molecule has 1 saturated heterocycles. The zero-order valence-electron chi connectivity index (χ0n) is 16.9. The SMILES string of the molecule is COc1ccc(S(=O)(=O)N2CCC[C@@H](C(=O)Nc3ccc(NC(C)=O)cc3)C2)cc1. The average molecular weight is 432 g/mol. The van der Waals surface area contributed by atoms with Gasteiger partial charge in [-0.15, -0.1) is 0 Å². The zero-order chi connectivity index (χ0) is 21.7. The first-order valence-corrected chi connectivity index (χ1v) is 11.1. The van der Waals surface area contributed by atoms with E-state index in [-0.39, 0.29) is 23.3 Å². The molecule has 1 aliphatic rings. The Kier molecular flexibility index (Phi) is 6.73. The number of ether oxygens (including phenoxy) is 1. The minimum Gasteiger partial charge on any atom is -0.497 e. The number of carbonyl (C=O) groups is 2. The third-order valence-corrected chi connectivity index (χ3v) is 6.80. The van der Waals surface area contributed by atoms with E-state index in [1.165, 1.54) is 30.5 Å². The summed E-state index contributed by atoms with van der Waals surface area (Å²) in [6.45, 7) is 1.93. The summed E-state index contributed by atoms with van der Waals surface area (Å²) in [4.78, 5) is 24.0. The van der Waals surface area contributed by atoms with Crippen LogP contribution in [-0.4, -0.2) is 44.7 Å². The number of hydrogen-bond acceptors (Lipinski definition) is 5. The lowest BCUT2D eigenvalue weighted by molar-refractivity contribution is -0.121. The second-order valence-corrected chi connectivity index (χ2v) is 9.06. The van der Waals surface area contributed by atoms with E-state index in [0.29, 0.717) is 36.5 Å². The largest absolute Gasteiger partial charge is 0.497 e. The smallest absolute Gasteiger partial charge is 0.243 e. The number of piperidine rings is 1. The summed E-state index contributed by atoms with van der Waals surface area (Å²) in [7, 11) is -2.17. The fraction of sp³-hybridized carbons (Fsp3) is 0.333. The van der Waals surface area contributed by atoms with Gasteiger partial charge >= 0.3 is 0 Å². The van der Waals surface area contributed by atoms with E-state index in [0.717, 1.165) is 0 Å². The highest BCUT2D eigenvalue weighted by Crippen LogP contribution is 2.26. The van der Waals surface area contributed by atoms with E-state index in [4.69, 9.17) is 4.74 Å². The molecule has 1 fully saturated rings. The van der Waals surface area contributed by atoms with Crippen molar-refractivity contribution >= 4 is 33.2 Å². The first kappa shape index (κ1) is 21.8. The van der Waals surface area contributed by atoms with Crippen LogP contribution in [0.25, 0.3) is 0 Å². The first-order valence-electron chi connectivity index (χ1n) is 9.62. The Morgan fingerprint density at radius 1 is 1.00 bits per heavy atom. The molecule has 3 rings (SSSR count). The zero-order valence-corrected chi connectivity index (χ0v) is 17.7. The molecule has 8 nitrogen and oxygen atoms in total. The number of carbonyl (C=O) groups excluding carboxylic acids is 2. The molecular formula is C21H25N3O5S. The van der Waals surface area contributed by atoms with Gasteiger partial charge in [0, 0.05) is 31.4 Å². The first-order chi connectivity index (χ1) is 14.3. The molecule has 0 aliphatic carbocycles. The Balaban J connectivity index is 1.66. The topological polar surface area (TPSA) is 105 Å². The van der Waals surface area contributed by atoms with E-state index in [2.05, 4.69) is 10.6 Å². The number of rotatable bonds is 6. The molecule has 1 atom stereocenters. The maximum atomic E-state index is 13.0. The minimum absolute atomic E-state index is 0.129. The van der Waals surface area contributed by atoms with Crippen LogP contribution in [0, 0.1) is 5.92 Å². The van der Waals surface area contributed by atoms with Crippen molar-refractivity contribution in [3.05, 3.63) is 48.5 Å². The normalized spacial score (nSPS) is 17.2. The second-order valence-electron chi connectivity index (χ2n) is 7.13. The van der Waals surface area contributed by atoms with Crippen LogP contribution in [0.4, 0.5) is 11.4 Å². The maximum absolute atomic E-state index is 13.0. The molecule has 0 saturated carbocycles. The van der Waals surface area contributed by atoms with Gasteiger partial charge in [0.2, 0.25) is 21.8 Å². The molecule has 1 heterocycles. The van der Waals surface area contributed by atoms with Crippen LogP contribution < -0.4 is 15.4 Å². The van der Waals surface area contributed by atoms with Crippen molar-refractivity contribution in [2.75, 3.05) is 30.8 Å². The Labute approximate surface area is 176 Å². The molecule has 9 heteroatoms. The Morgan fingerprint density at radius 3 is 2.17 bits per heavy atom.